The second-order valence-electron chi connectivity index (χ2n) is 8.21. The monoisotopic (exact) mass is 462 g/mol. The van der Waals surface area contributed by atoms with Gasteiger partial charge in [0.1, 0.15) is 0 Å². The lowest BCUT2D eigenvalue weighted by Crippen LogP contribution is -1.87. The summed E-state index contributed by atoms with van der Waals surface area (Å²) < 4.78 is 8.89. The first kappa shape index (κ1) is 20.8. The van der Waals surface area contributed by atoms with Crippen molar-refractivity contribution in [2.75, 3.05) is 5.73 Å². The van der Waals surface area contributed by atoms with Crippen molar-refractivity contribution in [1.29, 1.82) is 0 Å². The van der Waals surface area contributed by atoms with Crippen molar-refractivity contribution in [3.8, 4) is 20.9 Å². The summed E-state index contributed by atoms with van der Waals surface area (Å²) in [5.74, 6) is 1.36. The van der Waals surface area contributed by atoms with Gasteiger partial charge in [-0.15, -0.1) is 0 Å². The zero-order valence-electron chi connectivity index (χ0n) is 17.3. The first-order valence-corrected chi connectivity index (χ1v) is 12.2. The second-order valence-corrected chi connectivity index (χ2v) is 9.82. The van der Waals surface area contributed by atoms with Gasteiger partial charge in [-0.25, -0.2) is 0 Å². The molecule has 0 amide bonds. The van der Waals surface area contributed by atoms with E-state index in [1.54, 1.807) is 23.7 Å². The molecule has 2 aliphatic rings. The smallest absolute Gasteiger partial charge is 0.270 e. The fourth-order valence-electron chi connectivity index (χ4n) is 3.46. The van der Waals surface area contributed by atoms with E-state index in [4.69, 9.17) is 5.73 Å². The number of nitrogens with two attached hydrogens (primary N) is 1. The largest absolute Gasteiger partial charge is 0.399 e. The van der Waals surface area contributed by atoms with Crippen LogP contribution < -0.4 is 5.73 Å². The fraction of sp³-hybridized carbons (Fsp3) is 0.250. The summed E-state index contributed by atoms with van der Waals surface area (Å²) in [6.07, 6.45) is 5.05. The Morgan fingerprint density at radius 1 is 0.812 bits per heavy atom. The molecular weight excluding hydrogens is 440 g/mol. The molecular formula is C24H22N4O2S2. The number of nitro groups is 1. The number of nitrogens with zero attached hydrogens (tertiary/aromatic N) is 3. The molecule has 2 heterocycles. The number of nitrogen functional groups attached to an aromatic ring is 1. The van der Waals surface area contributed by atoms with Crippen LogP contribution in [0, 0.1) is 10.1 Å². The van der Waals surface area contributed by atoms with Crippen molar-refractivity contribution in [2.24, 2.45) is 0 Å². The average Bonchev–Trinajstić information content (AvgIpc) is 3.74. The van der Waals surface area contributed by atoms with Crippen molar-refractivity contribution < 1.29 is 4.92 Å². The molecule has 0 unspecified atom stereocenters. The van der Waals surface area contributed by atoms with E-state index < -0.39 is 0 Å². The zero-order valence-corrected chi connectivity index (χ0v) is 18.9. The third-order valence-electron chi connectivity index (χ3n) is 5.56. The third kappa shape index (κ3) is 4.87. The van der Waals surface area contributed by atoms with Gasteiger partial charge in [-0.1, -0.05) is 24.3 Å². The van der Waals surface area contributed by atoms with Crippen LogP contribution in [0.4, 0.5) is 11.4 Å². The van der Waals surface area contributed by atoms with Gasteiger partial charge in [-0.2, -0.15) is 8.75 Å². The van der Waals surface area contributed by atoms with Crippen LogP contribution in [0.5, 0.6) is 0 Å². The van der Waals surface area contributed by atoms with Crippen LogP contribution in [0.1, 0.15) is 48.9 Å². The maximum absolute atomic E-state index is 10.7. The molecule has 6 rings (SSSR count). The van der Waals surface area contributed by atoms with E-state index in [-0.39, 0.29) is 10.6 Å². The molecule has 0 bridgehead atoms. The molecule has 8 heteroatoms. The summed E-state index contributed by atoms with van der Waals surface area (Å²) in [7, 11) is 0. The standard InChI is InChI=1S/C12H10N2O2S.C12H12N2S/c15-14(16)10-3-1-2-9(6-10)12-7-11(13-17-12)8-4-5-8;13-10-3-1-2-9(6-10)12-7-11(14-15-12)8-4-5-8/h1-3,6-8H,4-5H2;1-3,6-8H,4-5,13H2. The summed E-state index contributed by atoms with van der Waals surface area (Å²) in [4.78, 5) is 12.6. The first-order valence-electron chi connectivity index (χ1n) is 10.6. The molecule has 2 aromatic carbocycles. The van der Waals surface area contributed by atoms with Crippen molar-refractivity contribution in [3.05, 3.63) is 82.2 Å². The van der Waals surface area contributed by atoms with Crippen LogP contribution in [-0.2, 0) is 0 Å². The molecule has 2 N–H and O–H groups in total. The van der Waals surface area contributed by atoms with Crippen LogP contribution in [0.3, 0.4) is 0 Å². The SMILES string of the molecule is Nc1cccc(-c2cc(C3CC3)ns2)c1.O=[N+]([O-])c1cccc(-c2cc(C3CC3)ns2)c1. The first-order chi connectivity index (χ1) is 15.6. The Balaban J connectivity index is 0.000000136. The Hall–Kier alpha value is -3.10. The molecule has 4 aromatic rings. The molecule has 0 spiro atoms. The molecule has 2 fully saturated rings. The summed E-state index contributed by atoms with van der Waals surface area (Å²) in [6, 6.07) is 19.0. The minimum absolute atomic E-state index is 0.129. The number of anilines is 1. The van der Waals surface area contributed by atoms with Gasteiger partial charge in [0.05, 0.1) is 26.1 Å². The highest BCUT2D eigenvalue weighted by Gasteiger charge is 2.27. The highest BCUT2D eigenvalue weighted by atomic mass is 32.1. The van der Waals surface area contributed by atoms with E-state index >= 15 is 0 Å². The third-order valence-corrected chi connectivity index (χ3v) is 7.27. The maximum atomic E-state index is 10.7. The maximum Gasteiger partial charge on any atom is 0.270 e. The van der Waals surface area contributed by atoms with Crippen molar-refractivity contribution >= 4 is 34.4 Å². The Morgan fingerprint density at radius 2 is 1.34 bits per heavy atom. The van der Waals surface area contributed by atoms with Gasteiger partial charge < -0.3 is 5.73 Å². The number of non-ortho nitro benzene ring substituents is 1. The average molecular weight is 463 g/mol. The van der Waals surface area contributed by atoms with Crippen LogP contribution in [-0.4, -0.2) is 13.7 Å². The van der Waals surface area contributed by atoms with Gasteiger partial charge in [0.15, 0.2) is 0 Å². The van der Waals surface area contributed by atoms with Gasteiger partial charge in [-0.05, 0) is 78.6 Å². The lowest BCUT2D eigenvalue weighted by atomic mass is 10.1. The Morgan fingerprint density at radius 3 is 1.84 bits per heavy atom. The minimum Gasteiger partial charge on any atom is -0.399 e. The number of nitro benzene ring substituents is 1. The van der Waals surface area contributed by atoms with E-state index in [1.807, 2.05) is 24.3 Å². The molecule has 32 heavy (non-hydrogen) atoms. The van der Waals surface area contributed by atoms with E-state index in [2.05, 4.69) is 26.9 Å². The van der Waals surface area contributed by atoms with Crippen molar-refractivity contribution in [3.63, 3.8) is 0 Å². The Kier molecular flexibility index (Phi) is 5.71. The topological polar surface area (TPSA) is 94.9 Å². The molecule has 6 nitrogen and oxygen atoms in total. The molecule has 162 valence electrons. The van der Waals surface area contributed by atoms with E-state index in [0.29, 0.717) is 5.92 Å². The van der Waals surface area contributed by atoms with E-state index in [1.165, 1.54) is 59.4 Å². The number of aromatic nitrogens is 2. The molecule has 2 aliphatic carbocycles. The van der Waals surface area contributed by atoms with Crippen LogP contribution in [0.2, 0.25) is 0 Å². The van der Waals surface area contributed by atoms with E-state index in [0.717, 1.165) is 27.7 Å². The Labute approximate surface area is 194 Å². The molecule has 0 atom stereocenters. The normalized spacial score (nSPS) is 15.1. The quantitative estimate of drug-likeness (QED) is 0.198. The molecule has 0 saturated heterocycles. The van der Waals surface area contributed by atoms with Gasteiger partial charge in [0, 0.05) is 35.2 Å². The van der Waals surface area contributed by atoms with Crippen LogP contribution in [0.15, 0.2) is 60.7 Å². The molecule has 2 saturated carbocycles. The zero-order chi connectivity index (χ0) is 22.1. The number of hydrogen-bond donors (Lipinski definition) is 1. The van der Waals surface area contributed by atoms with Gasteiger partial charge in [-0.3, -0.25) is 10.1 Å². The Bertz CT molecular complexity index is 1260. The summed E-state index contributed by atoms with van der Waals surface area (Å²) in [5.41, 5.74) is 11.2. The van der Waals surface area contributed by atoms with Crippen molar-refractivity contribution in [1.82, 2.24) is 8.75 Å². The van der Waals surface area contributed by atoms with Crippen molar-refractivity contribution in [2.45, 2.75) is 37.5 Å². The fourth-order valence-corrected chi connectivity index (χ4v) is 5.08. The van der Waals surface area contributed by atoms with Crippen LogP contribution in [0.25, 0.3) is 20.9 Å². The molecule has 2 aromatic heterocycles. The second kappa shape index (κ2) is 8.80. The van der Waals surface area contributed by atoms with Gasteiger partial charge in [0.25, 0.3) is 5.69 Å². The predicted octanol–water partition coefficient (Wildman–Crippen LogP) is 6.87. The van der Waals surface area contributed by atoms with Gasteiger partial charge >= 0.3 is 0 Å². The van der Waals surface area contributed by atoms with Crippen LogP contribution >= 0.6 is 23.1 Å². The molecule has 0 radical (unpaired) electrons. The lowest BCUT2D eigenvalue weighted by Gasteiger charge is -1.97. The summed E-state index contributed by atoms with van der Waals surface area (Å²) in [6.45, 7) is 0. The lowest BCUT2D eigenvalue weighted by molar-refractivity contribution is -0.384. The highest BCUT2D eigenvalue weighted by molar-refractivity contribution is 7.09. The predicted molar refractivity (Wildman–Crippen MR) is 130 cm³/mol. The number of hydrogen-bond acceptors (Lipinski definition) is 7. The number of rotatable bonds is 5. The molecule has 0 aliphatic heterocycles. The minimum atomic E-state index is -0.369. The summed E-state index contributed by atoms with van der Waals surface area (Å²) in [5, 5.41) is 10.7. The van der Waals surface area contributed by atoms with Gasteiger partial charge in [0.2, 0.25) is 0 Å². The summed E-state index contributed by atoms with van der Waals surface area (Å²) >= 11 is 2.99. The van der Waals surface area contributed by atoms with E-state index in [9.17, 15) is 10.1 Å². The number of benzene rings is 2. The highest BCUT2D eigenvalue weighted by Crippen LogP contribution is 2.42.